The van der Waals surface area contributed by atoms with Crippen LogP contribution in [0, 0.1) is 0 Å². The molecular weight excluding hydrogens is 334 g/mol. The largest absolute Gasteiger partial charge is 0.496 e. The van der Waals surface area contributed by atoms with Crippen LogP contribution < -0.4 is 14.8 Å². The zero-order valence-corrected chi connectivity index (χ0v) is 15.8. The van der Waals surface area contributed by atoms with Gasteiger partial charge in [0.15, 0.2) is 0 Å². The summed E-state index contributed by atoms with van der Waals surface area (Å²) in [5.41, 5.74) is 5.06. The van der Waals surface area contributed by atoms with Crippen LogP contribution in [0.3, 0.4) is 0 Å². The van der Waals surface area contributed by atoms with Gasteiger partial charge in [0.2, 0.25) is 0 Å². The fraction of sp³-hybridized carbons (Fsp3) is 0.167. The number of hydrogen-bond acceptors (Lipinski definition) is 3. The maximum atomic E-state index is 5.70. The average Bonchev–Trinajstić information content (AvgIpc) is 2.73. The summed E-state index contributed by atoms with van der Waals surface area (Å²) in [6.45, 7) is 2.19. The van der Waals surface area contributed by atoms with E-state index in [9.17, 15) is 0 Å². The van der Waals surface area contributed by atoms with Crippen LogP contribution in [0.1, 0.15) is 23.6 Å². The summed E-state index contributed by atoms with van der Waals surface area (Å²) >= 11 is 0. The number of hydrogen-bond donors (Lipinski definition) is 1. The van der Waals surface area contributed by atoms with Gasteiger partial charge in [0.1, 0.15) is 11.5 Å². The third kappa shape index (κ3) is 2.95. The minimum Gasteiger partial charge on any atom is -0.496 e. The third-order valence-corrected chi connectivity index (χ3v) is 5.11. The molecule has 0 fully saturated rings. The molecule has 0 spiro atoms. The number of nitrogens with one attached hydrogen (secondary N) is 1. The minimum atomic E-state index is -0.376. The van der Waals surface area contributed by atoms with Crippen molar-refractivity contribution >= 4 is 11.3 Å². The highest BCUT2D eigenvalue weighted by Gasteiger charge is 2.34. The molecule has 3 heteroatoms. The molecule has 0 aromatic heterocycles. The Kier molecular flexibility index (Phi) is 4.36. The second kappa shape index (κ2) is 6.84. The van der Waals surface area contributed by atoms with Gasteiger partial charge in [-0.1, -0.05) is 60.7 Å². The normalized spacial score (nSPS) is 18.1. The van der Waals surface area contributed by atoms with Gasteiger partial charge in [0.05, 0.1) is 31.0 Å². The van der Waals surface area contributed by atoms with Crippen LogP contribution in [0.15, 0.2) is 78.9 Å². The van der Waals surface area contributed by atoms with E-state index >= 15 is 0 Å². The van der Waals surface area contributed by atoms with Gasteiger partial charge >= 0.3 is 0 Å². The Morgan fingerprint density at radius 1 is 0.741 bits per heavy atom. The molecule has 3 aromatic carbocycles. The molecular formula is C24H23NO2. The number of methoxy groups -OCH3 is 2. The van der Waals surface area contributed by atoms with Gasteiger partial charge in [0.25, 0.3) is 0 Å². The standard InChI is InChI=1S/C24H23NO2/c1-24(18-12-8-5-9-13-18)16-19(17-10-6-4-7-11-17)22-20(26-2)14-15-21(27-3)23(22)25-24/h4-16,25H,1-3H3. The van der Waals surface area contributed by atoms with E-state index < -0.39 is 0 Å². The number of fused-ring (bicyclic) bond motifs is 1. The van der Waals surface area contributed by atoms with Crippen molar-refractivity contribution in [3.63, 3.8) is 0 Å². The molecule has 3 aromatic rings. The molecule has 1 N–H and O–H groups in total. The zero-order valence-electron chi connectivity index (χ0n) is 15.8. The summed E-state index contributed by atoms with van der Waals surface area (Å²) in [6.07, 6.45) is 2.28. The predicted molar refractivity (Wildman–Crippen MR) is 110 cm³/mol. The van der Waals surface area contributed by atoms with Crippen molar-refractivity contribution in [1.82, 2.24) is 0 Å². The Morgan fingerprint density at radius 3 is 1.96 bits per heavy atom. The van der Waals surface area contributed by atoms with E-state index in [4.69, 9.17) is 9.47 Å². The van der Waals surface area contributed by atoms with Crippen LogP contribution in [-0.2, 0) is 5.54 Å². The fourth-order valence-electron chi connectivity index (χ4n) is 3.74. The van der Waals surface area contributed by atoms with Crippen molar-refractivity contribution in [2.24, 2.45) is 0 Å². The maximum absolute atomic E-state index is 5.70. The van der Waals surface area contributed by atoms with Crippen molar-refractivity contribution in [2.75, 3.05) is 19.5 Å². The summed E-state index contributed by atoms with van der Waals surface area (Å²) in [5.74, 6) is 1.62. The molecule has 0 radical (unpaired) electrons. The first-order chi connectivity index (χ1) is 13.2. The predicted octanol–water partition coefficient (Wildman–Crippen LogP) is 5.48. The fourth-order valence-corrected chi connectivity index (χ4v) is 3.74. The molecule has 0 amide bonds. The molecule has 136 valence electrons. The van der Waals surface area contributed by atoms with Crippen molar-refractivity contribution in [2.45, 2.75) is 12.5 Å². The molecule has 0 aliphatic carbocycles. The number of ether oxygens (including phenoxy) is 2. The van der Waals surface area contributed by atoms with Gasteiger partial charge in [-0.25, -0.2) is 0 Å². The number of anilines is 1. The molecule has 1 aliphatic heterocycles. The molecule has 3 nitrogen and oxygen atoms in total. The second-order valence-electron chi connectivity index (χ2n) is 6.84. The van der Waals surface area contributed by atoms with E-state index in [1.807, 2.05) is 24.3 Å². The van der Waals surface area contributed by atoms with Crippen molar-refractivity contribution in [3.05, 3.63) is 95.6 Å². The van der Waals surface area contributed by atoms with E-state index in [1.54, 1.807) is 14.2 Å². The lowest BCUT2D eigenvalue weighted by molar-refractivity contribution is 0.402. The van der Waals surface area contributed by atoms with Gasteiger partial charge in [0, 0.05) is 0 Å². The van der Waals surface area contributed by atoms with Crippen molar-refractivity contribution in [1.29, 1.82) is 0 Å². The van der Waals surface area contributed by atoms with E-state index in [-0.39, 0.29) is 5.54 Å². The van der Waals surface area contributed by atoms with E-state index in [0.29, 0.717) is 0 Å². The van der Waals surface area contributed by atoms with E-state index in [0.717, 1.165) is 33.9 Å². The van der Waals surface area contributed by atoms with Crippen LogP contribution >= 0.6 is 0 Å². The Morgan fingerprint density at radius 2 is 1.33 bits per heavy atom. The first kappa shape index (κ1) is 17.2. The lowest BCUT2D eigenvalue weighted by Gasteiger charge is -2.37. The van der Waals surface area contributed by atoms with Gasteiger partial charge in [-0.2, -0.15) is 0 Å². The molecule has 4 rings (SSSR count). The maximum Gasteiger partial charge on any atom is 0.142 e. The quantitative estimate of drug-likeness (QED) is 0.671. The minimum absolute atomic E-state index is 0.376. The molecule has 1 aliphatic rings. The smallest absolute Gasteiger partial charge is 0.142 e. The highest BCUT2D eigenvalue weighted by atomic mass is 16.5. The molecule has 27 heavy (non-hydrogen) atoms. The molecule has 0 saturated heterocycles. The Bertz CT molecular complexity index is 980. The molecule has 0 saturated carbocycles. The molecule has 1 unspecified atom stereocenters. The SMILES string of the molecule is COc1ccc(OC)c2c1NC(C)(c1ccccc1)C=C2c1ccccc1. The van der Waals surface area contributed by atoms with E-state index in [1.165, 1.54) is 5.56 Å². The van der Waals surface area contributed by atoms with E-state index in [2.05, 4.69) is 66.8 Å². The average molecular weight is 357 g/mol. The molecule has 1 atom stereocenters. The summed E-state index contributed by atoms with van der Waals surface area (Å²) < 4.78 is 11.4. The summed E-state index contributed by atoms with van der Waals surface area (Å²) in [5, 5.41) is 3.70. The van der Waals surface area contributed by atoms with Gasteiger partial charge in [-0.15, -0.1) is 0 Å². The highest BCUT2D eigenvalue weighted by molar-refractivity contribution is 5.95. The van der Waals surface area contributed by atoms with Gasteiger partial charge < -0.3 is 14.8 Å². The Labute approximate surface area is 160 Å². The van der Waals surface area contributed by atoms with Crippen LogP contribution in [0.25, 0.3) is 5.57 Å². The highest BCUT2D eigenvalue weighted by Crippen LogP contribution is 2.49. The van der Waals surface area contributed by atoms with Crippen LogP contribution in [0.4, 0.5) is 5.69 Å². The summed E-state index contributed by atoms with van der Waals surface area (Å²) in [7, 11) is 3.40. The zero-order chi connectivity index (χ0) is 18.9. The first-order valence-electron chi connectivity index (χ1n) is 9.03. The molecule has 1 heterocycles. The summed E-state index contributed by atoms with van der Waals surface area (Å²) in [4.78, 5) is 0. The lowest BCUT2D eigenvalue weighted by Crippen LogP contribution is -2.33. The summed E-state index contributed by atoms with van der Waals surface area (Å²) in [6, 6.07) is 24.8. The topological polar surface area (TPSA) is 30.5 Å². The third-order valence-electron chi connectivity index (χ3n) is 5.11. The van der Waals surface area contributed by atoms with Crippen molar-refractivity contribution in [3.8, 4) is 11.5 Å². The van der Waals surface area contributed by atoms with Gasteiger partial charge in [-0.3, -0.25) is 0 Å². The van der Waals surface area contributed by atoms with Crippen LogP contribution in [0.5, 0.6) is 11.5 Å². The Balaban J connectivity index is 2.01. The Hall–Kier alpha value is -3.20. The van der Waals surface area contributed by atoms with Gasteiger partial charge in [-0.05, 0) is 41.8 Å². The van der Waals surface area contributed by atoms with Crippen molar-refractivity contribution < 1.29 is 9.47 Å². The molecule has 0 bridgehead atoms. The van der Waals surface area contributed by atoms with Crippen LogP contribution in [-0.4, -0.2) is 14.2 Å². The number of benzene rings is 3. The monoisotopic (exact) mass is 357 g/mol. The van der Waals surface area contributed by atoms with Crippen LogP contribution in [0.2, 0.25) is 0 Å². The first-order valence-corrected chi connectivity index (χ1v) is 9.03. The lowest BCUT2D eigenvalue weighted by atomic mass is 9.81. The second-order valence-corrected chi connectivity index (χ2v) is 6.84. The number of rotatable bonds is 4.